The van der Waals surface area contributed by atoms with Crippen molar-refractivity contribution in [3.63, 3.8) is 0 Å². The van der Waals surface area contributed by atoms with Gasteiger partial charge in [-0.05, 0) is 72.7 Å². The zero-order chi connectivity index (χ0) is 18.1. The summed E-state index contributed by atoms with van der Waals surface area (Å²) >= 11 is 0. The zero-order valence-corrected chi connectivity index (χ0v) is 14.6. The van der Waals surface area contributed by atoms with Gasteiger partial charge in [-0.1, -0.05) is 18.2 Å². The van der Waals surface area contributed by atoms with E-state index in [2.05, 4.69) is 17.0 Å². The van der Waals surface area contributed by atoms with Crippen LogP contribution in [0.1, 0.15) is 50.2 Å². The zero-order valence-electron chi connectivity index (χ0n) is 14.6. The minimum atomic E-state index is -0.950. The number of hydrogen-bond acceptors (Lipinski definition) is 3. The van der Waals surface area contributed by atoms with Crippen molar-refractivity contribution in [1.82, 2.24) is 0 Å². The van der Waals surface area contributed by atoms with E-state index in [1.165, 1.54) is 16.8 Å². The Kier molecular flexibility index (Phi) is 4.33. The number of allylic oxidation sites excluding steroid dienone is 1. The summed E-state index contributed by atoms with van der Waals surface area (Å²) in [6.07, 6.45) is 7.70. The van der Waals surface area contributed by atoms with Gasteiger partial charge in [0.15, 0.2) is 5.78 Å². The molecule has 0 unspecified atom stereocenters. The maximum atomic E-state index is 12.7. The second-order valence-electron chi connectivity index (χ2n) is 6.96. The molecule has 132 valence electrons. The lowest BCUT2D eigenvalue weighted by atomic mass is 9.89. The topological polar surface area (TPSA) is 57.6 Å². The highest BCUT2D eigenvalue weighted by molar-refractivity contribution is 6.07. The predicted molar refractivity (Wildman–Crippen MR) is 102 cm³/mol. The van der Waals surface area contributed by atoms with Gasteiger partial charge >= 0.3 is 5.97 Å². The smallest absolute Gasteiger partial charge is 0.335 e. The summed E-state index contributed by atoms with van der Waals surface area (Å²) in [4.78, 5) is 26.0. The fourth-order valence-corrected chi connectivity index (χ4v) is 3.95. The molecule has 2 heterocycles. The average Bonchev–Trinajstić information content (AvgIpc) is 2.66. The van der Waals surface area contributed by atoms with Crippen LogP contribution in [0.5, 0.6) is 0 Å². The van der Waals surface area contributed by atoms with Crippen LogP contribution in [-0.4, -0.2) is 29.9 Å². The molecule has 4 heteroatoms. The van der Waals surface area contributed by atoms with Crippen molar-refractivity contribution in [2.24, 2.45) is 0 Å². The number of carbonyl (C=O) groups is 2. The van der Waals surface area contributed by atoms with Crippen LogP contribution >= 0.6 is 0 Å². The third-order valence-corrected chi connectivity index (χ3v) is 5.20. The van der Waals surface area contributed by atoms with Crippen LogP contribution in [0.25, 0.3) is 6.08 Å². The lowest BCUT2D eigenvalue weighted by molar-refractivity contribution is 0.0696. The molecule has 26 heavy (non-hydrogen) atoms. The Morgan fingerprint density at radius 3 is 2.12 bits per heavy atom. The first-order chi connectivity index (χ1) is 12.6. The first-order valence-corrected chi connectivity index (χ1v) is 9.08. The highest BCUT2D eigenvalue weighted by atomic mass is 16.4. The molecule has 0 amide bonds. The fourth-order valence-electron chi connectivity index (χ4n) is 3.95. The second kappa shape index (κ2) is 6.79. The van der Waals surface area contributed by atoms with Crippen LogP contribution < -0.4 is 4.90 Å². The number of anilines is 1. The molecule has 0 saturated heterocycles. The first-order valence-electron chi connectivity index (χ1n) is 9.08. The van der Waals surface area contributed by atoms with E-state index in [9.17, 15) is 9.59 Å². The molecule has 2 aromatic rings. The number of hydrogen-bond donors (Lipinski definition) is 1. The number of benzene rings is 2. The molecule has 0 atom stereocenters. The van der Waals surface area contributed by atoms with Crippen molar-refractivity contribution in [1.29, 1.82) is 0 Å². The van der Waals surface area contributed by atoms with Crippen LogP contribution in [0.3, 0.4) is 0 Å². The Balaban J connectivity index is 1.58. The number of carboxylic acid groups (broad SMARTS) is 1. The summed E-state index contributed by atoms with van der Waals surface area (Å²) in [5, 5.41) is 8.94. The quantitative estimate of drug-likeness (QED) is 0.671. The molecule has 0 bridgehead atoms. The number of carbonyl (C=O) groups excluding carboxylic acids is 1. The highest BCUT2D eigenvalue weighted by Gasteiger charge is 2.24. The Morgan fingerprint density at radius 2 is 1.54 bits per heavy atom. The van der Waals surface area contributed by atoms with Crippen LogP contribution in [0.2, 0.25) is 0 Å². The van der Waals surface area contributed by atoms with Crippen LogP contribution in [0.4, 0.5) is 5.69 Å². The van der Waals surface area contributed by atoms with Gasteiger partial charge in [-0.2, -0.15) is 0 Å². The molecular formula is C22H21NO3. The van der Waals surface area contributed by atoms with E-state index < -0.39 is 5.97 Å². The normalized spacial score (nSPS) is 15.8. The van der Waals surface area contributed by atoms with E-state index >= 15 is 0 Å². The number of rotatable bonds is 4. The van der Waals surface area contributed by atoms with Crippen LogP contribution in [0, 0.1) is 0 Å². The predicted octanol–water partition coefficient (Wildman–Crippen LogP) is 3.98. The number of nitrogens with zero attached hydrogens (tertiary/aromatic N) is 1. The molecule has 4 rings (SSSR count). The number of ketones is 1. The molecule has 2 aromatic carbocycles. The number of aryl methyl sites for hydroxylation is 2. The van der Waals surface area contributed by atoms with Gasteiger partial charge in [-0.25, -0.2) is 4.79 Å². The fraction of sp³-hybridized carbons (Fsp3) is 0.273. The second-order valence-corrected chi connectivity index (χ2v) is 6.96. The van der Waals surface area contributed by atoms with Gasteiger partial charge in [0.2, 0.25) is 0 Å². The molecular weight excluding hydrogens is 326 g/mol. The SMILES string of the molecule is O=C(O)c1ccc(C=CC(=O)c2cc3c4c(c2)CCCN4CCC3)cc1. The molecule has 4 nitrogen and oxygen atoms in total. The van der Waals surface area contributed by atoms with E-state index in [1.807, 2.05) is 0 Å². The van der Waals surface area contributed by atoms with Crippen molar-refractivity contribution in [2.45, 2.75) is 25.7 Å². The van der Waals surface area contributed by atoms with Gasteiger partial charge in [-0.3, -0.25) is 4.79 Å². The summed E-state index contributed by atoms with van der Waals surface area (Å²) < 4.78 is 0. The molecule has 2 aliphatic rings. The molecule has 0 fully saturated rings. The van der Waals surface area contributed by atoms with E-state index in [4.69, 9.17) is 5.11 Å². The van der Waals surface area contributed by atoms with Crippen molar-refractivity contribution in [3.05, 3.63) is 70.3 Å². The Hall–Kier alpha value is -2.88. The van der Waals surface area contributed by atoms with Crippen molar-refractivity contribution < 1.29 is 14.7 Å². The molecule has 1 N–H and O–H groups in total. The Morgan fingerprint density at radius 1 is 0.923 bits per heavy atom. The summed E-state index contributed by atoms with van der Waals surface area (Å²) in [6.45, 7) is 2.25. The molecule has 0 aliphatic carbocycles. The molecule has 0 saturated carbocycles. The van der Waals surface area contributed by atoms with Crippen LogP contribution in [-0.2, 0) is 12.8 Å². The highest BCUT2D eigenvalue weighted by Crippen LogP contribution is 2.36. The van der Waals surface area contributed by atoms with Crippen molar-refractivity contribution in [2.75, 3.05) is 18.0 Å². The lowest BCUT2D eigenvalue weighted by Gasteiger charge is -2.37. The summed E-state index contributed by atoms with van der Waals surface area (Å²) in [5.74, 6) is -0.956. The molecule has 0 spiro atoms. The van der Waals surface area contributed by atoms with E-state index in [0.717, 1.165) is 49.9 Å². The van der Waals surface area contributed by atoms with Crippen LogP contribution in [0.15, 0.2) is 42.5 Å². The molecule has 0 aromatic heterocycles. The first kappa shape index (κ1) is 16.6. The van der Waals surface area contributed by atoms with Gasteiger partial charge in [0.1, 0.15) is 0 Å². The third-order valence-electron chi connectivity index (χ3n) is 5.20. The van der Waals surface area contributed by atoms with Gasteiger partial charge in [0, 0.05) is 24.3 Å². The Labute approximate surface area is 152 Å². The van der Waals surface area contributed by atoms with Crippen molar-refractivity contribution in [3.8, 4) is 0 Å². The average molecular weight is 347 g/mol. The summed E-state index contributed by atoms with van der Waals surface area (Å²) in [7, 11) is 0. The maximum Gasteiger partial charge on any atom is 0.335 e. The Bertz CT molecular complexity index is 865. The van der Waals surface area contributed by atoms with E-state index in [0.29, 0.717) is 0 Å². The molecule has 0 radical (unpaired) electrons. The minimum absolute atomic E-state index is 0.00550. The maximum absolute atomic E-state index is 12.7. The van der Waals surface area contributed by atoms with Crippen molar-refractivity contribution >= 4 is 23.5 Å². The van der Waals surface area contributed by atoms with Gasteiger partial charge < -0.3 is 10.0 Å². The largest absolute Gasteiger partial charge is 0.478 e. The number of aromatic carboxylic acids is 1. The van der Waals surface area contributed by atoms with E-state index in [-0.39, 0.29) is 11.3 Å². The lowest BCUT2D eigenvalue weighted by Crippen LogP contribution is -2.34. The van der Waals surface area contributed by atoms with Gasteiger partial charge in [-0.15, -0.1) is 0 Å². The van der Waals surface area contributed by atoms with E-state index in [1.54, 1.807) is 36.4 Å². The third kappa shape index (κ3) is 3.15. The monoisotopic (exact) mass is 347 g/mol. The standard InChI is InChI=1S/C22H21NO3/c24-20(10-7-15-5-8-16(9-6-15)22(25)26)19-13-17-3-1-11-23-12-2-4-18(14-19)21(17)23/h5-10,13-14H,1-4,11-12H2,(H,25,26). The number of carboxylic acids is 1. The summed E-state index contributed by atoms with van der Waals surface area (Å²) in [5.41, 5.74) is 5.78. The summed E-state index contributed by atoms with van der Waals surface area (Å²) in [6, 6.07) is 10.6. The molecule has 2 aliphatic heterocycles. The minimum Gasteiger partial charge on any atom is -0.478 e. The van der Waals surface area contributed by atoms with Gasteiger partial charge in [0.25, 0.3) is 0 Å². The van der Waals surface area contributed by atoms with Gasteiger partial charge in [0.05, 0.1) is 5.56 Å².